The Morgan fingerprint density at radius 2 is 1.91 bits per heavy atom. The zero-order valence-electron chi connectivity index (χ0n) is 12.8. The van der Waals surface area contributed by atoms with Crippen LogP contribution in [0.2, 0.25) is 18.6 Å². The van der Waals surface area contributed by atoms with Gasteiger partial charge in [-0.1, -0.05) is 0 Å². The van der Waals surface area contributed by atoms with Gasteiger partial charge < -0.3 is 24.8 Å². The second-order valence-electron chi connectivity index (χ2n) is 6.62. The van der Waals surface area contributed by atoms with E-state index in [1.807, 2.05) is 3.28 Å². The minimum absolute atomic E-state index is 0. The predicted molar refractivity (Wildman–Crippen MR) is 84.8 cm³/mol. The van der Waals surface area contributed by atoms with E-state index in [0.29, 0.717) is 0 Å². The third-order valence-electron chi connectivity index (χ3n) is 5.20. The Kier molecular flexibility index (Phi) is 6.16. The molecule has 1 aliphatic heterocycles. The molecule has 1 aromatic carbocycles. The summed E-state index contributed by atoms with van der Waals surface area (Å²) in [5.41, 5.74) is 4.10. The fourth-order valence-corrected chi connectivity index (χ4v) is 14.0. The smallest absolute Gasteiger partial charge is 1.00 e. The van der Waals surface area contributed by atoms with Crippen LogP contribution in [0.3, 0.4) is 0 Å². The van der Waals surface area contributed by atoms with Crippen LogP contribution in [0.4, 0.5) is 0 Å². The van der Waals surface area contributed by atoms with Crippen LogP contribution in [0.1, 0.15) is 29.5 Å². The molecule has 0 radical (unpaired) electrons. The van der Waals surface area contributed by atoms with E-state index in [0.717, 1.165) is 5.54 Å². The van der Waals surface area contributed by atoms with Crippen LogP contribution in [0.15, 0.2) is 49.1 Å². The molecule has 0 spiro atoms. The maximum Gasteiger partial charge on any atom is -1.00 e. The van der Waals surface area contributed by atoms with Crippen molar-refractivity contribution < 1.29 is 48.0 Å². The molecule has 0 bridgehead atoms. The van der Waals surface area contributed by atoms with Crippen molar-refractivity contribution in [2.24, 2.45) is 0 Å². The zero-order valence-corrected chi connectivity index (χ0v) is 17.8. The largest absolute Gasteiger partial charge is 1.00 e. The van der Waals surface area contributed by atoms with E-state index < -0.39 is 31.3 Å². The van der Waals surface area contributed by atoms with Gasteiger partial charge >= 0.3 is 135 Å². The van der Waals surface area contributed by atoms with Gasteiger partial charge in [-0.3, -0.25) is 0 Å². The normalized spacial score (nSPS) is 23.2. The van der Waals surface area contributed by atoms with Gasteiger partial charge in [0, 0.05) is 0 Å². The molecule has 4 rings (SSSR count). The molecule has 22 heavy (non-hydrogen) atoms. The molecule has 1 heterocycles. The van der Waals surface area contributed by atoms with Gasteiger partial charge in [-0.15, -0.1) is 0 Å². The first kappa shape index (κ1) is 18.5. The molecule has 4 heteroatoms. The number of halogens is 2. The van der Waals surface area contributed by atoms with Crippen molar-refractivity contribution in [3.8, 4) is 0 Å². The molecule has 1 saturated heterocycles. The molecule has 0 nitrogen and oxygen atoms in total. The van der Waals surface area contributed by atoms with Crippen LogP contribution in [-0.2, 0) is 23.2 Å². The van der Waals surface area contributed by atoms with Gasteiger partial charge in [-0.2, -0.15) is 0 Å². The maximum absolute atomic E-state index is 2.66. The number of rotatable bonds is 3. The van der Waals surface area contributed by atoms with E-state index >= 15 is 0 Å². The predicted octanol–water partition coefficient (Wildman–Crippen LogP) is -0.919. The fraction of sp³-hybridized carbons (Fsp3) is 0.333. The van der Waals surface area contributed by atoms with Crippen molar-refractivity contribution in [1.29, 1.82) is 0 Å². The Morgan fingerprint density at radius 3 is 2.55 bits per heavy atom. The first-order chi connectivity index (χ1) is 9.76. The average Bonchev–Trinajstić information content (AvgIpc) is 3.03. The average molecular weight is 427 g/mol. The Morgan fingerprint density at radius 1 is 1.14 bits per heavy atom. The SMILES string of the molecule is C[Si]1(C2[C]([Zr+2][C]3=CC=CC3)=Cc3ccccc32)CCC1.[Cl-].[Cl-]. The van der Waals surface area contributed by atoms with Crippen molar-refractivity contribution in [2.75, 3.05) is 0 Å². The molecule has 0 N–H and O–H groups in total. The summed E-state index contributed by atoms with van der Waals surface area (Å²) in [4.78, 5) is 0. The summed E-state index contributed by atoms with van der Waals surface area (Å²) < 4.78 is 3.66. The molecule has 0 aromatic heterocycles. The van der Waals surface area contributed by atoms with Crippen LogP contribution in [-0.4, -0.2) is 8.07 Å². The third kappa shape index (κ3) is 3.18. The monoisotopic (exact) mass is 424 g/mol. The molecule has 0 amide bonds. The van der Waals surface area contributed by atoms with Crippen LogP contribution in [0.25, 0.3) is 6.08 Å². The summed E-state index contributed by atoms with van der Waals surface area (Å²) in [5, 5.41) is 0. The molecule has 3 aliphatic rings. The molecule has 1 fully saturated rings. The van der Waals surface area contributed by atoms with E-state index in [-0.39, 0.29) is 24.8 Å². The van der Waals surface area contributed by atoms with Crippen molar-refractivity contribution in [2.45, 2.75) is 37.0 Å². The van der Waals surface area contributed by atoms with Gasteiger partial charge in [-0.05, 0) is 0 Å². The van der Waals surface area contributed by atoms with Gasteiger partial charge in [0.25, 0.3) is 0 Å². The molecular formula is C18H20Cl2SiZr. The summed E-state index contributed by atoms with van der Waals surface area (Å²) in [6.07, 6.45) is 12.3. The van der Waals surface area contributed by atoms with Crippen molar-refractivity contribution in [1.82, 2.24) is 0 Å². The van der Waals surface area contributed by atoms with E-state index in [4.69, 9.17) is 0 Å². The van der Waals surface area contributed by atoms with Crippen LogP contribution in [0, 0.1) is 0 Å². The van der Waals surface area contributed by atoms with E-state index in [2.05, 4.69) is 55.1 Å². The van der Waals surface area contributed by atoms with Crippen LogP contribution < -0.4 is 24.8 Å². The number of hydrogen-bond donors (Lipinski definition) is 0. The summed E-state index contributed by atoms with van der Waals surface area (Å²) >= 11 is -0.524. The number of allylic oxidation sites excluding steroid dienone is 5. The second kappa shape index (κ2) is 7.34. The molecule has 1 atom stereocenters. The summed E-state index contributed by atoms with van der Waals surface area (Å²) in [6, 6.07) is 12.3. The maximum atomic E-state index is 2.66. The minimum atomic E-state index is -1.02. The Balaban J connectivity index is 0.000000882. The molecule has 2 aliphatic carbocycles. The first-order valence-electron chi connectivity index (χ1n) is 7.69. The van der Waals surface area contributed by atoms with Crippen LogP contribution in [0.5, 0.6) is 0 Å². The minimum Gasteiger partial charge on any atom is -1.00 e. The van der Waals surface area contributed by atoms with E-state index in [9.17, 15) is 0 Å². The molecular weight excluding hydrogens is 406 g/mol. The topological polar surface area (TPSA) is 0 Å². The Labute approximate surface area is 158 Å². The summed E-state index contributed by atoms with van der Waals surface area (Å²) in [7, 11) is -1.02. The molecule has 1 unspecified atom stereocenters. The van der Waals surface area contributed by atoms with Gasteiger partial charge in [0.1, 0.15) is 0 Å². The molecule has 0 saturated carbocycles. The van der Waals surface area contributed by atoms with E-state index in [1.165, 1.54) is 12.8 Å². The van der Waals surface area contributed by atoms with Gasteiger partial charge in [0.2, 0.25) is 0 Å². The van der Waals surface area contributed by atoms with E-state index in [1.54, 1.807) is 26.5 Å². The molecule has 1 aromatic rings. The third-order valence-corrected chi connectivity index (χ3v) is 14.4. The molecule has 114 valence electrons. The zero-order chi connectivity index (χ0) is 13.6. The fourth-order valence-electron chi connectivity index (χ4n) is 3.93. The standard InChI is InChI=1S/C13H15Si.C5H5.2ClH.Zr/c1-14(9-4-10-14)13-8-7-11-5-2-3-6-12(11)13;1-2-4-5-3-1;;;/h2-3,5-7,13H,4,9-10H2,1H3;1-3H,4H2;2*1H;/q;;;;+2/p-2. The van der Waals surface area contributed by atoms with Gasteiger partial charge in [0.15, 0.2) is 0 Å². The van der Waals surface area contributed by atoms with Crippen LogP contribution >= 0.6 is 0 Å². The van der Waals surface area contributed by atoms with Crippen molar-refractivity contribution >= 4 is 14.1 Å². The van der Waals surface area contributed by atoms with Crippen molar-refractivity contribution in [3.63, 3.8) is 0 Å². The Hall–Kier alpha value is 0.120. The Bertz CT molecular complexity index is 644. The number of benzene rings is 1. The number of fused-ring (bicyclic) bond motifs is 1. The quantitative estimate of drug-likeness (QED) is 0.549. The van der Waals surface area contributed by atoms with Gasteiger partial charge in [0.05, 0.1) is 0 Å². The van der Waals surface area contributed by atoms with Crippen molar-refractivity contribution in [3.05, 3.63) is 60.2 Å². The van der Waals surface area contributed by atoms with Gasteiger partial charge in [-0.25, -0.2) is 0 Å². The first-order valence-corrected chi connectivity index (χ1v) is 13.1. The summed E-state index contributed by atoms with van der Waals surface area (Å²) in [6.45, 7) is 2.66. The second-order valence-corrected chi connectivity index (χ2v) is 15.1. The number of hydrogen-bond acceptors (Lipinski definition) is 0. The summed E-state index contributed by atoms with van der Waals surface area (Å²) in [5.74, 6) is 0.